The van der Waals surface area contributed by atoms with Crippen LogP contribution in [0, 0.1) is 6.92 Å². The summed E-state index contributed by atoms with van der Waals surface area (Å²) in [5, 5.41) is 3.01. The standard InChI is InChI=1S/C17H22N4O3S.HI/c1-13-5-3-6-14(11-13)20-17(18)19-9-10-24-16-8-4-7-15(12-16)21-25(2,22)23;/h3-8,11-12,21H,9-10H2,1-2H3,(H3,18,19,20);1H. The first kappa shape index (κ1) is 22.0. The van der Waals surface area contributed by atoms with Crippen LogP contribution in [0.25, 0.3) is 0 Å². The third-order valence-electron chi connectivity index (χ3n) is 3.07. The van der Waals surface area contributed by atoms with Gasteiger partial charge in [0.1, 0.15) is 12.4 Å². The summed E-state index contributed by atoms with van der Waals surface area (Å²) in [6, 6.07) is 14.5. The first-order chi connectivity index (χ1) is 11.8. The largest absolute Gasteiger partial charge is 0.492 e. The summed E-state index contributed by atoms with van der Waals surface area (Å²) in [6.07, 6.45) is 1.10. The zero-order valence-corrected chi connectivity index (χ0v) is 17.7. The van der Waals surface area contributed by atoms with Gasteiger partial charge in [-0.25, -0.2) is 13.4 Å². The molecule has 0 aliphatic carbocycles. The molecule has 0 saturated heterocycles. The van der Waals surface area contributed by atoms with Crippen LogP contribution >= 0.6 is 24.0 Å². The van der Waals surface area contributed by atoms with Gasteiger partial charge in [0.15, 0.2) is 5.96 Å². The predicted molar refractivity (Wildman–Crippen MR) is 117 cm³/mol. The van der Waals surface area contributed by atoms with Gasteiger partial charge in [-0.1, -0.05) is 18.2 Å². The fraction of sp³-hybridized carbons (Fsp3) is 0.235. The van der Waals surface area contributed by atoms with E-state index in [1.165, 1.54) is 0 Å². The van der Waals surface area contributed by atoms with Crippen molar-refractivity contribution in [2.45, 2.75) is 6.92 Å². The Morgan fingerprint density at radius 3 is 2.54 bits per heavy atom. The normalized spacial score (nSPS) is 11.4. The van der Waals surface area contributed by atoms with E-state index < -0.39 is 10.0 Å². The highest BCUT2D eigenvalue weighted by molar-refractivity contribution is 14.0. The van der Waals surface area contributed by atoms with E-state index in [0.29, 0.717) is 30.5 Å². The van der Waals surface area contributed by atoms with Crippen molar-refractivity contribution < 1.29 is 13.2 Å². The van der Waals surface area contributed by atoms with Crippen LogP contribution in [-0.2, 0) is 10.0 Å². The fourth-order valence-electron chi connectivity index (χ4n) is 2.10. The molecule has 0 unspecified atom stereocenters. The molecule has 26 heavy (non-hydrogen) atoms. The second-order valence-corrected chi connectivity index (χ2v) is 7.26. The summed E-state index contributed by atoms with van der Waals surface area (Å²) in [7, 11) is -3.32. The molecule has 0 aliphatic heterocycles. The van der Waals surface area contributed by atoms with Crippen LogP contribution in [0.4, 0.5) is 11.4 Å². The maximum Gasteiger partial charge on any atom is 0.229 e. The number of benzene rings is 2. The Morgan fingerprint density at radius 2 is 1.85 bits per heavy atom. The van der Waals surface area contributed by atoms with Crippen molar-refractivity contribution in [3.63, 3.8) is 0 Å². The van der Waals surface area contributed by atoms with E-state index in [4.69, 9.17) is 10.5 Å². The Kier molecular flexibility index (Phi) is 8.66. The van der Waals surface area contributed by atoms with Gasteiger partial charge in [0.2, 0.25) is 10.0 Å². The van der Waals surface area contributed by atoms with Crippen LogP contribution < -0.4 is 20.5 Å². The van der Waals surface area contributed by atoms with Crippen LogP contribution in [0.3, 0.4) is 0 Å². The van der Waals surface area contributed by atoms with E-state index in [2.05, 4.69) is 15.0 Å². The van der Waals surface area contributed by atoms with Crippen molar-refractivity contribution >= 4 is 51.3 Å². The van der Waals surface area contributed by atoms with Crippen molar-refractivity contribution in [2.24, 2.45) is 10.7 Å². The van der Waals surface area contributed by atoms with Crippen molar-refractivity contribution in [2.75, 3.05) is 29.4 Å². The van der Waals surface area contributed by atoms with Crippen molar-refractivity contribution in [1.29, 1.82) is 0 Å². The van der Waals surface area contributed by atoms with Crippen LogP contribution in [0.2, 0.25) is 0 Å². The number of anilines is 2. The van der Waals surface area contributed by atoms with E-state index in [1.807, 2.05) is 31.2 Å². The molecule has 0 amide bonds. The van der Waals surface area contributed by atoms with Gasteiger partial charge in [0.25, 0.3) is 0 Å². The summed E-state index contributed by atoms with van der Waals surface area (Å²) < 4.78 is 30.4. The summed E-state index contributed by atoms with van der Waals surface area (Å²) >= 11 is 0. The summed E-state index contributed by atoms with van der Waals surface area (Å²) in [5.74, 6) is 0.857. The number of guanidine groups is 1. The average molecular weight is 490 g/mol. The van der Waals surface area contributed by atoms with Gasteiger partial charge < -0.3 is 15.8 Å². The topological polar surface area (TPSA) is 106 Å². The maximum atomic E-state index is 11.2. The molecule has 7 nitrogen and oxygen atoms in total. The van der Waals surface area contributed by atoms with Gasteiger partial charge in [0, 0.05) is 11.8 Å². The average Bonchev–Trinajstić information content (AvgIpc) is 2.50. The Hall–Kier alpha value is -2.01. The van der Waals surface area contributed by atoms with Crippen molar-refractivity contribution in [3.8, 4) is 5.75 Å². The summed E-state index contributed by atoms with van der Waals surface area (Å²) in [5.41, 5.74) is 8.29. The second-order valence-electron chi connectivity index (χ2n) is 5.51. The second kappa shape index (κ2) is 10.2. The Bertz CT molecular complexity index is 857. The minimum Gasteiger partial charge on any atom is -0.492 e. The van der Waals surface area contributed by atoms with E-state index in [9.17, 15) is 8.42 Å². The lowest BCUT2D eigenvalue weighted by molar-refractivity contribution is 0.329. The highest BCUT2D eigenvalue weighted by Gasteiger charge is 2.03. The van der Waals surface area contributed by atoms with Crippen molar-refractivity contribution in [1.82, 2.24) is 0 Å². The first-order valence-corrected chi connectivity index (χ1v) is 9.55. The highest BCUT2D eigenvalue weighted by Crippen LogP contribution is 2.18. The molecule has 0 aliphatic rings. The Balaban J connectivity index is 0.00000338. The Morgan fingerprint density at radius 1 is 1.15 bits per heavy atom. The third-order valence-corrected chi connectivity index (χ3v) is 3.68. The van der Waals surface area contributed by atoms with Gasteiger partial charge in [0.05, 0.1) is 18.5 Å². The van der Waals surface area contributed by atoms with Gasteiger partial charge in [-0.3, -0.25) is 4.72 Å². The molecule has 0 saturated carbocycles. The highest BCUT2D eigenvalue weighted by atomic mass is 127. The van der Waals surface area contributed by atoms with Crippen LogP contribution in [-0.4, -0.2) is 33.8 Å². The number of nitrogens with one attached hydrogen (secondary N) is 2. The number of rotatable bonds is 7. The van der Waals surface area contributed by atoms with Gasteiger partial charge >= 0.3 is 0 Å². The van der Waals surface area contributed by atoms with Crippen LogP contribution in [0.5, 0.6) is 5.75 Å². The zero-order chi connectivity index (χ0) is 18.3. The molecule has 0 bridgehead atoms. The number of nitrogens with zero attached hydrogens (tertiary/aromatic N) is 1. The summed E-state index contributed by atoms with van der Waals surface area (Å²) in [6.45, 7) is 2.69. The number of hydrogen-bond acceptors (Lipinski definition) is 4. The predicted octanol–water partition coefficient (Wildman–Crippen LogP) is 2.79. The SMILES string of the molecule is Cc1cccc(NC(N)=NCCOc2cccc(NS(C)(=O)=O)c2)c1.I. The lowest BCUT2D eigenvalue weighted by Gasteiger charge is -2.09. The molecule has 0 spiro atoms. The maximum absolute atomic E-state index is 11.2. The fourth-order valence-corrected chi connectivity index (χ4v) is 2.66. The third kappa shape index (κ3) is 8.39. The molecular formula is C17H23IN4O3S. The molecule has 2 aromatic rings. The lowest BCUT2D eigenvalue weighted by atomic mass is 10.2. The smallest absolute Gasteiger partial charge is 0.229 e. The molecule has 0 radical (unpaired) electrons. The quantitative estimate of drug-likeness (QED) is 0.240. The van der Waals surface area contributed by atoms with E-state index in [1.54, 1.807) is 24.3 Å². The molecule has 142 valence electrons. The number of halogens is 1. The molecule has 2 rings (SSSR count). The van der Waals surface area contributed by atoms with Crippen LogP contribution in [0.1, 0.15) is 5.56 Å². The zero-order valence-electron chi connectivity index (χ0n) is 14.6. The van der Waals surface area contributed by atoms with Crippen LogP contribution in [0.15, 0.2) is 53.5 Å². The molecule has 0 fully saturated rings. The minimum absolute atomic E-state index is 0. The molecule has 0 aromatic heterocycles. The number of ether oxygens (including phenoxy) is 1. The van der Waals surface area contributed by atoms with E-state index >= 15 is 0 Å². The van der Waals surface area contributed by atoms with E-state index in [0.717, 1.165) is 17.5 Å². The number of hydrogen-bond donors (Lipinski definition) is 3. The number of aliphatic imine (C=N–C) groups is 1. The number of nitrogens with two attached hydrogens (primary N) is 1. The molecular weight excluding hydrogens is 467 g/mol. The molecule has 0 heterocycles. The first-order valence-electron chi connectivity index (χ1n) is 7.66. The van der Waals surface area contributed by atoms with Gasteiger partial charge in [-0.05, 0) is 36.8 Å². The molecule has 0 atom stereocenters. The van der Waals surface area contributed by atoms with Gasteiger partial charge in [-0.15, -0.1) is 24.0 Å². The summed E-state index contributed by atoms with van der Waals surface area (Å²) in [4.78, 5) is 4.19. The monoisotopic (exact) mass is 490 g/mol. The number of aryl methyl sites for hydroxylation is 1. The number of sulfonamides is 1. The van der Waals surface area contributed by atoms with Gasteiger partial charge in [-0.2, -0.15) is 0 Å². The molecule has 4 N–H and O–H groups in total. The molecule has 2 aromatic carbocycles. The van der Waals surface area contributed by atoms with E-state index in [-0.39, 0.29) is 24.0 Å². The minimum atomic E-state index is -3.32. The van der Waals surface area contributed by atoms with Crippen molar-refractivity contribution in [3.05, 3.63) is 54.1 Å². The Labute approximate surface area is 171 Å². The lowest BCUT2D eigenvalue weighted by Crippen LogP contribution is -2.23. The molecule has 9 heteroatoms.